The molecule has 2 amide bonds. The highest BCUT2D eigenvalue weighted by atomic mass is 16.3. The molecular formula is C19H24N2O3. The predicted molar refractivity (Wildman–Crippen MR) is 91.2 cm³/mol. The normalized spacial score (nSPS) is 16.0. The highest BCUT2D eigenvalue weighted by molar-refractivity contribution is 5.74. The molecule has 0 bridgehead atoms. The molecule has 1 aliphatic carbocycles. The zero-order valence-electron chi connectivity index (χ0n) is 13.8. The number of urea groups is 1. The van der Waals surface area contributed by atoms with E-state index in [0.717, 1.165) is 31.2 Å². The number of aliphatic hydroxyl groups is 1. The number of nitrogens with zero attached hydrogens (tertiary/aromatic N) is 1. The fourth-order valence-corrected chi connectivity index (χ4v) is 3.24. The summed E-state index contributed by atoms with van der Waals surface area (Å²) in [6.45, 7) is 1.18. The molecule has 0 atom stereocenters. The van der Waals surface area contributed by atoms with Crippen molar-refractivity contribution < 1.29 is 14.3 Å². The summed E-state index contributed by atoms with van der Waals surface area (Å²) in [6, 6.07) is 13.3. The maximum Gasteiger partial charge on any atom is 0.318 e. The fraction of sp³-hybridized carbons (Fsp3) is 0.421. The molecule has 1 fully saturated rings. The third-order valence-electron chi connectivity index (χ3n) is 4.52. The van der Waals surface area contributed by atoms with Crippen LogP contribution in [0.5, 0.6) is 0 Å². The predicted octanol–water partition coefficient (Wildman–Crippen LogP) is 3.30. The average Bonchev–Trinajstić information content (AvgIpc) is 3.25. The summed E-state index contributed by atoms with van der Waals surface area (Å²) in [5.41, 5.74) is 0.281. The van der Waals surface area contributed by atoms with Crippen LogP contribution in [-0.4, -0.2) is 28.2 Å². The molecule has 1 saturated carbocycles. The molecule has 0 radical (unpaired) electrons. The Balaban J connectivity index is 1.66. The molecule has 2 N–H and O–H groups in total. The minimum Gasteiger partial charge on any atom is -0.467 e. The van der Waals surface area contributed by atoms with Crippen LogP contribution in [0.15, 0.2) is 53.1 Å². The highest BCUT2D eigenvalue weighted by Crippen LogP contribution is 2.30. The Morgan fingerprint density at radius 3 is 2.58 bits per heavy atom. The van der Waals surface area contributed by atoms with Gasteiger partial charge in [-0.1, -0.05) is 43.2 Å². The Hall–Kier alpha value is -2.27. The topological polar surface area (TPSA) is 65.7 Å². The van der Waals surface area contributed by atoms with E-state index in [1.807, 2.05) is 36.4 Å². The van der Waals surface area contributed by atoms with Gasteiger partial charge in [-0.25, -0.2) is 4.79 Å². The third-order valence-corrected chi connectivity index (χ3v) is 4.52. The van der Waals surface area contributed by atoms with Gasteiger partial charge in [-0.15, -0.1) is 0 Å². The Bertz CT molecular complexity index is 634. The van der Waals surface area contributed by atoms with Crippen LogP contribution >= 0.6 is 0 Å². The fourth-order valence-electron chi connectivity index (χ4n) is 3.24. The van der Waals surface area contributed by atoms with Gasteiger partial charge in [0.15, 0.2) is 0 Å². The molecule has 3 rings (SSSR count). The number of benzene rings is 1. The van der Waals surface area contributed by atoms with Crippen LogP contribution in [0.25, 0.3) is 0 Å². The molecule has 1 aromatic carbocycles. The van der Waals surface area contributed by atoms with Gasteiger partial charge in [0, 0.05) is 6.54 Å². The van der Waals surface area contributed by atoms with Crippen molar-refractivity contribution >= 4 is 6.03 Å². The van der Waals surface area contributed by atoms with E-state index in [-0.39, 0.29) is 6.03 Å². The molecule has 128 valence electrons. The molecular weight excluding hydrogens is 304 g/mol. The van der Waals surface area contributed by atoms with E-state index in [4.69, 9.17) is 4.42 Å². The van der Waals surface area contributed by atoms with Crippen molar-refractivity contribution in [2.24, 2.45) is 0 Å². The number of hydrogen-bond donors (Lipinski definition) is 2. The first-order valence-corrected chi connectivity index (χ1v) is 8.46. The zero-order valence-corrected chi connectivity index (χ0v) is 13.8. The number of furan rings is 1. The maximum absolute atomic E-state index is 12.6. The van der Waals surface area contributed by atoms with Crippen LogP contribution in [0.3, 0.4) is 0 Å². The van der Waals surface area contributed by atoms with E-state index < -0.39 is 5.60 Å². The maximum atomic E-state index is 12.6. The summed E-state index contributed by atoms with van der Waals surface area (Å²) >= 11 is 0. The molecule has 0 spiro atoms. The van der Waals surface area contributed by atoms with E-state index in [0.29, 0.717) is 25.4 Å². The monoisotopic (exact) mass is 328 g/mol. The second kappa shape index (κ2) is 7.53. The minimum atomic E-state index is -0.767. The molecule has 5 heteroatoms. The van der Waals surface area contributed by atoms with Crippen LogP contribution in [0, 0.1) is 0 Å². The van der Waals surface area contributed by atoms with Crippen molar-refractivity contribution in [3.63, 3.8) is 0 Å². The van der Waals surface area contributed by atoms with Gasteiger partial charge < -0.3 is 19.7 Å². The van der Waals surface area contributed by atoms with E-state index >= 15 is 0 Å². The third kappa shape index (κ3) is 4.38. The molecule has 0 unspecified atom stereocenters. The second-order valence-electron chi connectivity index (χ2n) is 6.51. The number of hydrogen-bond acceptors (Lipinski definition) is 3. The molecule has 0 aliphatic heterocycles. The summed E-state index contributed by atoms with van der Waals surface area (Å²) in [6.07, 6.45) is 5.13. The minimum absolute atomic E-state index is 0.185. The van der Waals surface area contributed by atoms with E-state index in [1.165, 1.54) is 0 Å². The molecule has 0 saturated heterocycles. The Kier molecular flexibility index (Phi) is 5.20. The standard InChI is InChI=1S/C19H24N2O3/c22-18(20-13-17-9-6-12-24-17)21(14-16-7-2-1-3-8-16)15-19(23)10-4-5-11-19/h1-3,6-9,12,23H,4-5,10-11,13-15H2,(H,20,22). The SMILES string of the molecule is O=C(NCc1ccco1)N(Cc1ccccc1)CC1(O)CCCC1. The Labute approximate surface area is 142 Å². The van der Waals surface area contributed by atoms with E-state index in [9.17, 15) is 9.90 Å². The van der Waals surface area contributed by atoms with Crippen molar-refractivity contribution in [3.8, 4) is 0 Å². The second-order valence-corrected chi connectivity index (χ2v) is 6.51. The van der Waals surface area contributed by atoms with Crippen LogP contribution in [-0.2, 0) is 13.1 Å². The van der Waals surface area contributed by atoms with Gasteiger partial charge in [-0.05, 0) is 30.5 Å². The lowest BCUT2D eigenvalue weighted by molar-refractivity contribution is 0.0175. The molecule has 24 heavy (non-hydrogen) atoms. The van der Waals surface area contributed by atoms with Crippen LogP contribution in [0.4, 0.5) is 4.79 Å². The van der Waals surface area contributed by atoms with Crippen molar-refractivity contribution in [1.82, 2.24) is 10.2 Å². The lowest BCUT2D eigenvalue weighted by Gasteiger charge is -2.31. The van der Waals surface area contributed by atoms with Gasteiger partial charge in [0.1, 0.15) is 5.76 Å². The van der Waals surface area contributed by atoms with Crippen LogP contribution in [0.2, 0.25) is 0 Å². The zero-order chi connectivity index (χ0) is 16.8. The van der Waals surface area contributed by atoms with Gasteiger partial charge in [0.25, 0.3) is 0 Å². The summed E-state index contributed by atoms with van der Waals surface area (Å²) in [4.78, 5) is 14.3. The van der Waals surface area contributed by atoms with E-state index in [1.54, 1.807) is 17.2 Å². The van der Waals surface area contributed by atoms with Crippen LogP contribution in [0.1, 0.15) is 37.0 Å². The van der Waals surface area contributed by atoms with E-state index in [2.05, 4.69) is 5.32 Å². The number of amides is 2. The quantitative estimate of drug-likeness (QED) is 0.855. The lowest BCUT2D eigenvalue weighted by Crippen LogP contribution is -2.47. The number of carbonyl (C=O) groups excluding carboxylic acids is 1. The highest BCUT2D eigenvalue weighted by Gasteiger charge is 2.34. The summed E-state index contributed by atoms with van der Waals surface area (Å²) in [7, 11) is 0. The summed E-state index contributed by atoms with van der Waals surface area (Å²) < 4.78 is 5.25. The smallest absolute Gasteiger partial charge is 0.318 e. The van der Waals surface area contributed by atoms with Crippen molar-refractivity contribution in [2.45, 2.75) is 44.4 Å². The summed E-state index contributed by atoms with van der Waals surface area (Å²) in [5, 5.41) is 13.6. The molecule has 5 nitrogen and oxygen atoms in total. The van der Waals surface area contributed by atoms with Crippen LogP contribution < -0.4 is 5.32 Å². The first-order valence-electron chi connectivity index (χ1n) is 8.46. The van der Waals surface area contributed by atoms with Crippen molar-refractivity contribution in [2.75, 3.05) is 6.54 Å². The molecule has 2 aromatic rings. The van der Waals surface area contributed by atoms with Gasteiger partial charge in [-0.2, -0.15) is 0 Å². The number of rotatable bonds is 6. The summed E-state index contributed by atoms with van der Waals surface area (Å²) in [5.74, 6) is 0.711. The first kappa shape index (κ1) is 16.6. The number of carbonyl (C=O) groups is 1. The molecule has 1 aliphatic rings. The Morgan fingerprint density at radius 2 is 1.92 bits per heavy atom. The first-order chi connectivity index (χ1) is 11.6. The van der Waals surface area contributed by atoms with Gasteiger partial charge in [-0.3, -0.25) is 0 Å². The number of nitrogens with one attached hydrogen (secondary N) is 1. The van der Waals surface area contributed by atoms with Gasteiger partial charge in [0.05, 0.1) is 25.0 Å². The molecule has 1 heterocycles. The van der Waals surface area contributed by atoms with Gasteiger partial charge in [0.2, 0.25) is 0 Å². The largest absolute Gasteiger partial charge is 0.467 e. The Morgan fingerprint density at radius 1 is 1.17 bits per heavy atom. The lowest BCUT2D eigenvalue weighted by atomic mass is 10.0. The van der Waals surface area contributed by atoms with Gasteiger partial charge >= 0.3 is 6.03 Å². The van der Waals surface area contributed by atoms with Crippen molar-refractivity contribution in [3.05, 3.63) is 60.1 Å². The van der Waals surface area contributed by atoms with Crippen molar-refractivity contribution in [1.29, 1.82) is 0 Å². The average molecular weight is 328 g/mol. The molecule has 1 aromatic heterocycles.